The molecule has 0 aliphatic heterocycles. The molecule has 2 unspecified atom stereocenters. The van der Waals surface area contributed by atoms with Crippen molar-refractivity contribution < 1.29 is 4.74 Å². The molecule has 0 amide bonds. The average molecular weight is 212 g/mol. The Balaban J connectivity index is 1.93. The van der Waals surface area contributed by atoms with Crippen LogP contribution in [0, 0.1) is 11.8 Å². The van der Waals surface area contributed by atoms with Gasteiger partial charge in [-0.2, -0.15) is 0 Å². The minimum atomic E-state index is 0.345. The van der Waals surface area contributed by atoms with Gasteiger partial charge in [0.25, 0.3) is 0 Å². The molecule has 3 N–H and O–H groups in total. The SMILES string of the molecule is COC(C1CC1)C(NN)C1CCCCC1. The van der Waals surface area contributed by atoms with E-state index in [0.29, 0.717) is 12.1 Å². The average Bonchev–Trinajstić information content (AvgIpc) is 3.11. The van der Waals surface area contributed by atoms with Gasteiger partial charge in [0.1, 0.15) is 0 Å². The molecule has 3 heteroatoms. The molecule has 2 aliphatic carbocycles. The highest BCUT2D eigenvalue weighted by atomic mass is 16.5. The van der Waals surface area contributed by atoms with E-state index in [1.807, 2.05) is 7.11 Å². The van der Waals surface area contributed by atoms with Crippen molar-refractivity contribution in [1.29, 1.82) is 0 Å². The van der Waals surface area contributed by atoms with Gasteiger partial charge in [0.2, 0.25) is 0 Å². The van der Waals surface area contributed by atoms with E-state index in [1.54, 1.807) is 0 Å². The number of ether oxygens (including phenoxy) is 1. The summed E-state index contributed by atoms with van der Waals surface area (Å²) in [6.45, 7) is 0. The summed E-state index contributed by atoms with van der Waals surface area (Å²) < 4.78 is 5.64. The zero-order valence-corrected chi connectivity index (χ0v) is 9.74. The van der Waals surface area contributed by atoms with E-state index in [1.165, 1.54) is 44.9 Å². The Hall–Kier alpha value is -0.120. The summed E-state index contributed by atoms with van der Waals surface area (Å²) in [5.41, 5.74) is 3.02. The molecule has 2 saturated carbocycles. The first-order valence-corrected chi connectivity index (χ1v) is 6.35. The van der Waals surface area contributed by atoms with Crippen LogP contribution in [0.25, 0.3) is 0 Å². The first-order valence-electron chi connectivity index (χ1n) is 6.35. The number of hydrogen-bond donors (Lipinski definition) is 2. The summed E-state index contributed by atoms with van der Waals surface area (Å²) in [6, 6.07) is 0.378. The molecule has 2 aliphatic rings. The fourth-order valence-corrected chi connectivity index (χ4v) is 3.05. The summed E-state index contributed by atoms with van der Waals surface area (Å²) in [6.07, 6.45) is 9.76. The van der Waals surface area contributed by atoms with Crippen molar-refractivity contribution in [2.24, 2.45) is 17.7 Å². The molecule has 0 bridgehead atoms. The highest BCUT2D eigenvalue weighted by Gasteiger charge is 2.39. The van der Waals surface area contributed by atoms with Gasteiger partial charge in [0.15, 0.2) is 0 Å². The van der Waals surface area contributed by atoms with Crippen molar-refractivity contribution in [3.63, 3.8) is 0 Å². The number of hydrogen-bond acceptors (Lipinski definition) is 3. The molecule has 0 radical (unpaired) electrons. The molecular weight excluding hydrogens is 188 g/mol. The fraction of sp³-hybridized carbons (Fsp3) is 1.00. The Morgan fingerprint density at radius 3 is 2.20 bits per heavy atom. The molecule has 3 nitrogen and oxygen atoms in total. The van der Waals surface area contributed by atoms with Crippen LogP contribution in [-0.2, 0) is 4.74 Å². The summed E-state index contributed by atoms with van der Waals surface area (Å²) in [5.74, 6) is 7.21. The van der Waals surface area contributed by atoms with Crippen LogP contribution in [0.5, 0.6) is 0 Å². The highest BCUT2D eigenvalue weighted by Crippen LogP contribution is 2.39. The van der Waals surface area contributed by atoms with Gasteiger partial charge >= 0.3 is 0 Å². The van der Waals surface area contributed by atoms with Crippen molar-refractivity contribution in [3.05, 3.63) is 0 Å². The van der Waals surface area contributed by atoms with Crippen LogP contribution in [0.15, 0.2) is 0 Å². The summed E-state index contributed by atoms with van der Waals surface area (Å²) in [4.78, 5) is 0. The maximum absolute atomic E-state index is 5.72. The maximum atomic E-state index is 5.72. The molecular formula is C12H24N2O. The molecule has 0 aromatic rings. The quantitative estimate of drug-likeness (QED) is 0.540. The zero-order chi connectivity index (χ0) is 10.7. The molecule has 15 heavy (non-hydrogen) atoms. The first kappa shape index (κ1) is 11.4. The molecule has 0 spiro atoms. The molecule has 0 heterocycles. The smallest absolute Gasteiger partial charge is 0.0768 e. The van der Waals surface area contributed by atoms with Crippen LogP contribution in [0.4, 0.5) is 0 Å². The molecule has 0 aromatic heterocycles. The van der Waals surface area contributed by atoms with E-state index >= 15 is 0 Å². The summed E-state index contributed by atoms with van der Waals surface area (Å²) >= 11 is 0. The third kappa shape index (κ3) is 2.71. The predicted molar refractivity (Wildman–Crippen MR) is 61.2 cm³/mol. The molecule has 2 rings (SSSR count). The Morgan fingerprint density at radius 1 is 1.07 bits per heavy atom. The molecule has 2 atom stereocenters. The van der Waals surface area contributed by atoms with Gasteiger partial charge < -0.3 is 4.74 Å². The molecule has 0 saturated heterocycles. The van der Waals surface area contributed by atoms with Crippen LogP contribution in [0.2, 0.25) is 0 Å². The van der Waals surface area contributed by atoms with Crippen LogP contribution >= 0.6 is 0 Å². The monoisotopic (exact) mass is 212 g/mol. The number of rotatable bonds is 5. The minimum Gasteiger partial charge on any atom is -0.379 e. The van der Waals surface area contributed by atoms with Gasteiger partial charge in [0, 0.05) is 7.11 Å². The third-order valence-corrected chi connectivity index (χ3v) is 4.06. The van der Waals surface area contributed by atoms with Crippen LogP contribution in [0.3, 0.4) is 0 Å². The van der Waals surface area contributed by atoms with Gasteiger partial charge in [-0.1, -0.05) is 19.3 Å². The zero-order valence-electron chi connectivity index (χ0n) is 9.74. The second kappa shape index (κ2) is 5.28. The van der Waals surface area contributed by atoms with Gasteiger partial charge in [-0.3, -0.25) is 11.3 Å². The van der Waals surface area contributed by atoms with E-state index < -0.39 is 0 Å². The Morgan fingerprint density at radius 2 is 1.73 bits per heavy atom. The van der Waals surface area contributed by atoms with E-state index in [2.05, 4.69) is 5.43 Å². The van der Waals surface area contributed by atoms with E-state index in [9.17, 15) is 0 Å². The predicted octanol–water partition coefficient (Wildman–Crippen LogP) is 1.82. The molecule has 2 fully saturated rings. The lowest BCUT2D eigenvalue weighted by atomic mass is 9.81. The second-order valence-electron chi connectivity index (χ2n) is 5.13. The third-order valence-electron chi connectivity index (χ3n) is 4.06. The Bertz CT molecular complexity index is 188. The van der Waals surface area contributed by atoms with Crippen molar-refractivity contribution in [1.82, 2.24) is 5.43 Å². The number of nitrogens with two attached hydrogens (primary N) is 1. The first-order chi connectivity index (χ1) is 7.36. The lowest BCUT2D eigenvalue weighted by molar-refractivity contribution is 0.0241. The fourth-order valence-electron chi connectivity index (χ4n) is 3.05. The number of hydrazine groups is 1. The maximum Gasteiger partial charge on any atom is 0.0768 e. The largest absolute Gasteiger partial charge is 0.379 e. The minimum absolute atomic E-state index is 0.345. The van der Waals surface area contributed by atoms with Crippen molar-refractivity contribution in [2.75, 3.05) is 7.11 Å². The van der Waals surface area contributed by atoms with Crippen LogP contribution < -0.4 is 11.3 Å². The lowest BCUT2D eigenvalue weighted by Gasteiger charge is -2.34. The lowest BCUT2D eigenvalue weighted by Crippen LogP contribution is -2.51. The van der Waals surface area contributed by atoms with Crippen molar-refractivity contribution >= 4 is 0 Å². The second-order valence-corrected chi connectivity index (χ2v) is 5.13. The van der Waals surface area contributed by atoms with E-state index in [0.717, 1.165) is 11.8 Å². The Kier molecular flexibility index (Phi) is 4.00. The standard InChI is InChI=1S/C12H24N2O/c1-15-12(10-7-8-10)11(14-13)9-5-3-2-4-6-9/h9-12,14H,2-8,13H2,1H3. The molecule has 88 valence electrons. The van der Waals surface area contributed by atoms with Crippen molar-refractivity contribution in [2.45, 2.75) is 57.1 Å². The van der Waals surface area contributed by atoms with Gasteiger partial charge in [-0.15, -0.1) is 0 Å². The van der Waals surface area contributed by atoms with Gasteiger partial charge in [-0.25, -0.2) is 0 Å². The van der Waals surface area contributed by atoms with Crippen LogP contribution in [0.1, 0.15) is 44.9 Å². The van der Waals surface area contributed by atoms with E-state index in [-0.39, 0.29) is 0 Å². The highest BCUT2D eigenvalue weighted by molar-refractivity contribution is 4.93. The van der Waals surface area contributed by atoms with Crippen molar-refractivity contribution in [3.8, 4) is 0 Å². The van der Waals surface area contributed by atoms with E-state index in [4.69, 9.17) is 10.6 Å². The normalized spacial score (nSPS) is 27.6. The van der Waals surface area contributed by atoms with Gasteiger partial charge in [-0.05, 0) is 37.5 Å². The Labute approximate surface area is 92.7 Å². The summed E-state index contributed by atoms with van der Waals surface area (Å²) in [5, 5.41) is 0. The summed E-state index contributed by atoms with van der Waals surface area (Å²) in [7, 11) is 1.83. The van der Waals surface area contributed by atoms with Gasteiger partial charge in [0.05, 0.1) is 12.1 Å². The topological polar surface area (TPSA) is 47.3 Å². The molecule has 0 aromatic carbocycles. The van der Waals surface area contributed by atoms with Crippen LogP contribution in [-0.4, -0.2) is 19.3 Å². The number of nitrogens with one attached hydrogen (secondary N) is 1. The number of methoxy groups -OCH3 is 1.